The number of carbonyl (C=O) groups excluding carboxylic acids is 3. The smallest absolute Gasteiger partial charge is 0.313 e. The van der Waals surface area contributed by atoms with Crippen LogP contribution in [-0.4, -0.2) is 58.9 Å². The van der Waals surface area contributed by atoms with Gasteiger partial charge in [0.2, 0.25) is 0 Å². The van der Waals surface area contributed by atoms with Crippen molar-refractivity contribution in [2.45, 2.75) is 51.6 Å². The number of hydrogen-bond donors (Lipinski definition) is 0. The largest absolute Gasteiger partial charge is 0.327 e. The van der Waals surface area contributed by atoms with Crippen LogP contribution in [0.5, 0.6) is 0 Å². The van der Waals surface area contributed by atoms with E-state index in [0.717, 1.165) is 30.1 Å². The van der Waals surface area contributed by atoms with Crippen LogP contribution in [0.15, 0.2) is 17.1 Å². The zero-order valence-corrected chi connectivity index (χ0v) is 15.9. The number of imide groups is 1. The number of rotatable bonds is 4. The van der Waals surface area contributed by atoms with Crippen molar-refractivity contribution in [3.8, 4) is 0 Å². The first kappa shape index (κ1) is 17.4. The Morgan fingerprint density at radius 3 is 2.54 bits per heavy atom. The van der Waals surface area contributed by atoms with Crippen LogP contribution in [0.1, 0.15) is 40.0 Å². The predicted molar refractivity (Wildman–Crippen MR) is 97.8 cm³/mol. The Morgan fingerprint density at radius 2 is 1.96 bits per heavy atom. The van der Waals surface area contributed by atoms with E-state index in [1.165, 1.54) is 0 Å². The lowest BCUT2D eigenvalue weighted by Gasteiger charge is -2.63. The van der Waals surface area contributed by atoms with Crippen LogP contribution in [0.25, 0.3) is 0 Å². The molecule has 0 aromatic heterocycles. The van der Waals surface area contributed by atoms with Gasteiger partial charge in [-0.1, -0.05) is 19.9 Å². The summed E-state index contributed by atoms with van der Waals surface area (Å²) in [6, 6.07) is -0.940. The van der Waals surface area contributed by atoms with Gasteiger partial charge in [-0.15, -0.1) is 0 Å². The first-order chi connectivity index (χ1) is 12.2. The second kappa shape index (κ2) is 5.51. The monoisotopic (exact) mass is 357 g/mol. The number of likely N-dealkylation sites (N-methyl/N-ethyl adjacent to an activating group) is 1. The highest BCUT2D eigenvalue weighted by Gasteiger charge is 2.65. The number of ketones is 1. The van der Waals surface area contributed by atoms with Crippen LogP contribution in [0.2, 0.25) is 0 Å². The van der Waals surface area contributed by atoms with Gasteiger partial charge in [-0.2, -0.15) is 0 Å². The lowest BCUT2D eigenvalue weighted by atomic mass is 9.43. The van der Waals surface area contributed by atoms with E-state index in [-0.39, 0.29) is 35.6 Å². The fourth-order valence-electron chi connectivity index (χ4n) is 5.70. The Hall–Kier alpha value is -1.98. The molecule has 2 aliphatic heterocycles. The average Bonchev–Trinajstić information content (AvgIpc) is 3.22. The number of aliphatic imine (C=N–C) groups is 1. The van der Waals surface area contributed by atoms with Crippen LogP contribution in [0, 0.1) is 23.2 Å². The minimum atomic E-state index is -0.862. The van der Waals surface area contributed by atoms with E-state index in [0.29, 0.717) is 5.92 Å². The Morgan fingerprint density at radius 1 is 1.23 bits per heavy atom. The summed E-state index contributed by atoms with van der Waals surface area (Å²) in [5.41, 5.74) is -0.637. The highest BCUT2D eigenvalue weighted by atomic mass is 16.2. The van der Waals surface area contributed by atoms with E-state index in [4.69, 9.17) is 0 Å². The molecule has 5 atom stereocenters. The summed E-state index contributed by atoms with van der Waals surface area (Å²) in [7, 11) is 1.70. The van der Waals surface area contributed by atoms with Crippen molar-refractivity contribution < 1.29 is 14.4 Å². The van der Waals surface area contributed by atoms with Crippen LogP contribution < -0.4 is 0 Å². The molecule has 1 saturated heterocycles. The molecule has 3 aliphatic carbocycles. The van der Waals surface area contributed by atoms with Crippen molar-refractivity contribution >= 4 is 23.9 Å². The summed E-state index contributed by atoms with van der Waals surface area (Å²) < 4.78 is 0. The molecule has 3 saturated carbocycles. The molecule has 6 heteroatoms. The number of urea groups is 1. The molecule has 0 radical (unpaired) electrons. The van der Waals surface area contributed by atoms with E-state index in [1.54, 1.807) is 30.3 Å². The number of nitrogens with zero attached hydrogens (tertiary/aromatic N) is 3. The van der Waals surface area contributed by atoms with Crippen molar-refractivity contribution in [1.29, 1.82) is 0 Å². The highest BCUT2D eigenvalue weighted by Crippen LogP contribution is 2.64. The SMILES string of the molecule is CN1C(=O)N(CC(=O)C2C=CC=N2)C(=O)C1(C)[C@H]1CC[C@H]2C[C@@H]1C2(C)C. The predicted octanol–water partition coefficient (Wildman–Crippen LogP) is 2.29. The van der Waals surface area contributed by atoms with Gasteiger partial charge in [-0.3, -0.25) is 19.5 Å². The van der Waals surface area contributed by atoms with E-state index >= 15 is 0 Å². The third-order valence-electron chi connectivity index (χ3n) is 7.74. The molecule has 6 nitrogen and oxygen atoms in total. The van der Waals surface area contributed by atoms with Crippen LogP contribution >= 0.6 is 0 Å². The summed E-state index contributed by atoms with van der Waals surface area (Å²) in [4.78, 5) is 45.4. The molecule has 5 aliphatic rings. The van der Waals surface area contributed by atoms with Gasteiger partial charge >= 0.3 is 6.03 Å². The summed E-state index contributed by atoms with van der Waals surface area (Å²) in [5.74, 6) is 0.879. The minimum Gasteiger partial charge on any atom is -0.313 e. The topological polar surface area (TPSA) is 70.1 Å². The number of Topliss-reactive ketones (excluding diaryl/α,β-unsaturated/α-hetero) is 1. The molecular weight excluding hydrogens is 330 g/mol. The molecule has 5 rings (SSSR count). The number of amides is 3. The van der Waals surface area contributed by atoms with E-state index < -0.39 is 11.6 Å². The normalized spacial score (nSPS) is 40.3. The van der Waals surface area contributed by atoms with Crippen molar-refractivity contribution in [2.24, 2.45) is 28.2 Å². The Kier molecular flexibility index (Phi) is 3.69. The van der Waals surface area contributed by atoms with Crippen LogP contribution in [0.3, 0.4) is 0 Å². The van der Waals surface area contributed by atoms with Crippen molar-refractivity contribution in [1.82, 2.24) is 9.80 Å². The molecule has 2 heterocycles. The molecule has 0 N–H and O–H groups in total. The second-order valence-electron chi connectivity index (χ2n) is 9.02. The van der Waals surface area contributed by atoms with E-state index in [1.807, 2.05) is 6.92 Å². The molecule has 4 fully saturated rings. The lowest BCUT2D eigenvalue weighted by Crippen LogP contribution is -2.63. The summed E-state index contributed by atoms with van der Waals surface area (Å²) in [5, 5.41) is 0. The molecule has 3 amide bonds. The fraction of sp³-hybridized carbons (Fsp3) is 0.700. The van der Waals surface area contributed by atoms with E-state index in [9.17, 15) is 14.4 Å². The summed E-state index contributed by atoms with van der Waals surface area (Å²) in [6.07, 6.45) is 8.19. The van der Waals surface area contributed by atoms with Gasteiger partial charge in [0.25, 0.3) is 5.91 Å². The third-order valence-corrected chi connectivity index (χ3v) is 7.74. The maximum atomic E-state index is 13.3. The maximum absolute atomic E-state index is 13.3. The van der Waals surface area contributed by atoms with Crippen molar-refractivity contribution in [3.63, 3.8) is 0 Å². The van der Waals surface area contributed by atoms with Gasteiger partial charge in [0.15, 0.2) is 5.78 Å². The van der Waals surface area contributed by atoms with Gasteiger partial charge < -0.3 is 4.90 Å². The van der Waals surface area contributed by atoms with Gasteiger partial charge in [0, 0.05) is 13.3 Å². The quantitative estimate of drug-likeness (QED) is 0.725. The second-order valence-corrected chi connectivity index (χ2v) is 9.02. The fourth-order valence-corrected chi connectivity index (χ4v) is 5.70. The molecule has 2 bridgehead atoms. The number of hydrogen-bond acceptors (Lipinski definition) is 4. The molecular formula is C20H27N3O3. The molecule has 0 spiro atoms. The average molecular weight is 357 g/mol. The van der Waals surface area contributed by atoms with Gasteiger partial charge in [-0.25, -0.2) is 4.79 Å². The Balaban J connectivity index is 1.58. The van der Waals surface area contributed by atoms with Gasteiger partial charge in [-0.05, 0) is 55.4 Å². The summed E-state index contributed by atoms with van der Waals surface area (Å²) >= 11 is 0. The zero-order chi connectivity index (χ0) is 18.9. The molecule has 0 aromatic rings. The van der Waals surface area contributed by atoms with Crippen molar-refractivity contribution in [3.05, 3.63) is 12.2 Å². The third kappa shape index (κ3) is 2.10. The van der Waals surface area contributed by atoms with Crippen LogP contribution in [0.4, 0.5) is 4.79 Å². The Labute approximate surface area is 154 Å². The number of carbonyl (C=O) groups is 3. The van der Waals surface area contributed by atoms with Gasteiger partial charge in [0.1, 0.15) is 11.6 Å². The first-order valence-electron chi connectivity index (χ1n) is 9.51. The minimum absolute atomic E-state index is 0.147. The molecule has 0 aromatic carbocycles. The Bertz CT molecular complexity index is 727. The van der Waals surface area contributed by atoms with Crippen molar-refractivity contribution in [2.75, 3.05) is 13.6 Å². The standard InChI is InChI=1S/C20H27N3O3/c1-19(2)12-7-8-13(14(19)10-12)20(3)17(25)23(18(26)22(20)4)11-16(24)15-6-5-9-21-15/h5-6,9,12-15H,7-8,10-11H2,1-4H3/t12-,13-,14-,15?,20?/m0/s1. The molecule has 26 heavy (non-hydrogen) atoms. The molecule has 2 unspecified atom stereocenters. The number of fused-ring (bicyclic) bond motifs is 2. The first-order valence-corrected chi connectivity index (χ1v) is 9.51. The molecule has 140 valence electrons. The zero-order valence-electron chi connectivity index (χ0n) is 15.9. The lowest BCUT2D eigenvalue weighted by molar-refractivity contribution is -0.157. The van der Waals surface area contributed by atoms with E-state index in [2.05, 4.69) is 18.8 Å². The highest BCUT2D eigenvalue weighted by molar-refractivity contribution is 6.10. The summed E-state index contributed by atoms with van der Waals surface area (Å²) in [6.45, 7) is 6.26. The van der Waals surface area contributed by atoms with Crippen LogP contribution in [-0.2, 0) is 9.59 Å². The maximum Gasteiger partial charge on any atom is 0.327 e. The number of allylic oxidation sites excluding steroid dienone is 1. The van der Waals surface area contributed by atoms with Gasteiger partial charge in [0.05, 0.1) is 6.54 Å².